The summed E-state index contributed by atoms with van der Waals surface area (Å²) in [7, 11) is 0. The predicted octanol–water partition coefficient (Wildman–Crippen LogP) is -0.0438. The predicted molar refractivity (Wildman–Crippen MR) is 88.2 cm³/mol. The van der Waals surface area contributed by atoms with Crippen LogP contribution in [0.5, 0.6) is 5.75 Å². The Morgan fingerprint density at radius 1 is 1.27 bits per heavy atom. The Balaban J connectivity index is 1.69. The van der Waals surface area contributed by atoms with Gasteiger partial charge in [-0.15, -0.1) is 0 Å². The van der Waals surface area contributed by atoms with E-state index in [2.05, 4.69) is 5.32 Å². The highest BCUT2D eigenvalue weighted by molar-refractivity contribution is 5.88. The van der Waals surface area contributed by atoms with Gasteiger partial charge >= 0.3 is 5.97 Å². The van der Waals surface area contributed by atoms with Crippen molar-refractivity contribution in [3.63, 3.8) is 0 Å². The highest BCUT2D eigenvalue weighted by Gasteiger charge is 2.47. The van der Waals surface area contributed by atoms with Crippen LogP contribution in [0.3, 0.4) is 0 Å². The second-order valence-electron chi connectivity index (χ2n) is 5.88. The number of carboxylic acid groups (broad SMARTS) is 1. The van der Waals surface area contributed by atoms with E-state index in [1.807, 2.05) is 18.2 Å². The van der Waals surface area contributed by atoms with Gasteiger partial charge in [0.05, 0.1) is 19.7 Å². The fourth-order valence-corrected chi connectivity index (χ4v) is 2.63. The first-order chi connectivity index (χ1) is 12.4. The third-order valence-corrected chi connectivity index (χ3v) is 3.97. The molecule has 0 saturated carbocycles. The third kappa shape index (κ3) is 5.16. The highest BCUT2D eigenvalue weighted by atomic mass is 19.1. The maximum atomic E-state index is 13.5. The van der Waals surface area contributed by atoms with Crippen molar-refractivity contribution in [1.82, 2.24) is 10.2 Å². The molecular formula is C17H21FN2O6. The van der Waals surface area contributed by atoms with Crippen LogP contribution in [-0.4, -0.2) is 70.9 Å². The number of carboxylic acids is 1. The zero-order valence-corrected chi connectivity index (χ0v) is 14.0. The summed E-state index contributed by atoms with van der Waals surface area (Å²) in [6.07, 6.45) is -3.05. The van der Waals surface area contributed by atoms with Crippen molar-refractivity contribution in [2.24, 2.45) is 0 Å². The molecule has 0 spiro atoms. The van der Waals surface area contributed by atoms with Crippen LogP contribution in [-0.2, 0) is 14.4 Å². The van der Waals surface area contributed by atoms with Crippen molar-refractivity contribution in [2.75, 3.05) is 19.7 Å². The van der Waals surface area contributed by atoms with Crippen LogP contribution in [0.25, 0.3) is 0 Å². The number of aliphatic hydroxyl groups excluding tert-OH is 1. The molecule has 1 heterocycles. The molecule has 1 aliphatic rings. The van der Waals surface area contributed by atoms with E-state index in [-0.39, 0.29) is 6.42 Å². The number of ether oxygens (including phenoxy) is 1. The maximum Gasteiger partial charge on any atom is 0.329 e. The molecule has 2 unspecified atom stereocenters. The lowest BCUT2D eigenvalue weighted by Crippen LogP contribution is -2.48. The van der Waals surface area contributed by atoms with Crippen LogP contribution >= 0.6 is 0 Å². The molecule has 8 nitrogen and oxygen atoms in total. The van der Waals surface area contributed by atoms with E-state index in [9.17, 15) is 23.9 Å². The number of rotatable bonds is 8. The average molecular weight is 368 g/mol. The van der Waals surface area contributed by atoms with Gasteiger partial charge < -0.3 is 25.2 Å². The topological polar surface area (TPSA) is 116 Å². The van der Waals surface area contributed by atoms with Gasteiger partial charge in [-0.2, -0.15) is 0 Å². The first kappa shape index (κ1) is 19.6. The molecule has 0 radical (unpaired) electrons. The summed E-state index contributed by atoms with van der Waals surface area (Å²) < 4.78 is 18.9. The Morgan fingerprint density at radius 2 is 1.96 bits per heavy atom. The number of carbonyl (C=O) groups is 3. The van der Waals surface area contributed by atoms with Crippen molar-refractivity contribution < 1.29 is 33.7 Å². The Morgan fingerprint density at radius 3 is 2.62 bits per heavy atom. The molecule has 0 aromatic heterocycles. The Bertz CT molecular complexity index is 641. The number of alkyl halides is 1. The van der Waals surface area contributed by atoms with Crippen molar-refractivity contribution >= 4 is 17.8 Å². The van der Waals surface area contributed by atoms with Crippen LogP contribution in [0.15, 0.2) is 30.3 Å². The van der Waals surface area contributed by atoms with E-state index in [4.69, 9.17) is 9.84 Å². The van der Waals surface area contributed by atoms with Crippen LogP contribution in [0.4, 0.5) is 4.39 Å². The number of aliphatic hydroxyl groups is 1. The van der Waals surface area contributed by atoms with Crippen LogP contribution in [0.2, 0.25) is 0 Å². The normalized spacial score (nSPS) is 22.1. The molecule has 0 bridgehead atoms. The molecule has 142 valence electrons. The number of para-hydroxylation sites is 1. The molecule has 26 heavy (non-hydrogen) atoms. The van der Waals surface area contributed by atoms with Gasteiger partial charge in [0.2, 0.25) is 11.8 Å². The fourth-order valence-electron chi connectivity index (χ4n) is 2.63. The van der Waals surface area contributed by atoms with E-state index >= 15 is 0 Å². The summed E-state index contributed by atoms with van der Waals surface area (Å²) in [5.41, 5.74) is 0. The molecule has 1 saturated heterocycles. The molecule has 3 N–H and O–H groups in total. The lowest BCUT2D eigenvalue weighted by Gasteiger charge is -2.22. The molecule has 2 amide bonds. The fraction of sp³-hybridized carbons (Fsp3) is 0.471. The lowest BCUT2D eigenvalue weighted by atomic mass is 10.1. The van der Waals surface area contributed by atoms with Gasteiger partial charge in [-0.1, -0.05) is 18.2 Å². The molecular weight excluding hydrogens is 347 g/mol. The smallest absolute Gasteiger partial charge is 0.329 e. The molecule has 1 fully saturated rings. The molecule has 9 heteroatoms. The zero-order chi connectivity index (χ0) is 19.1. The van der Waals surface area contributed by atoms with E-state index < -0.39 is 49.2 Å². The summed E-state index contributed by atoms with van der Waals surface area (Å²) >= 11 is 0. The van der Waals surface area contributed by atoms with Crippen LogP contribution < -0.4 is 10.1 Å². The minimum atomic E-state index is -1.83. The van der Waals surface area contributed by atoms with Crippen LogP contribution in [0, 0.1) is 0 Å². The first-order valence-electron chi connectivity index (χ1n) is 8.19. The Kier molecular flexibility index (Phi) is 6.90. The number of nitrogens with zero attached hydrogens (tertiary/aromatic N) is 1. The second-order valence-corrected chi connectivity index (χ2v) is 5.88. The number of amides is 2. The number of halogens is 1. The Labute approximate surface area is 149 Å². The summed E-state index contributed by atoms with van der Waals surface area (Å²) in [6, 6.07) is 7.45. The van der Waals surface area contributed by atoms with Crippen molar-refractivity contribution in [3.8, 4) is 5.75 Å². The van der Waals surface area contributed by atoms with Gasteiger partial charge in [-0.05, 0) is 18.6 Å². The zero-order valence-electron chi connectivity index (χ0n) is 14.0. The van der Waals surface area contributed by atoms with Gasteiger partial charge in [0.1, 0.15) is 18.0 Å². The Hall–Kier alpha value is -2.68. The molecule has 1 aromatic carbocycles. The minimum absolute atomic E-state index is 0.122. The van der Waals surface area contributed by atoms with Crippen LogP contribution in [0.1, 0.15) is 12.8 Å². The number of likely N-dealkylation sites (tertiary alicyclic amines) is 1. The standard InChI is InChI=1S/C17H21FN2O6/c18-12-10-20(15(16(12)23)17(24)25)14(22)9-19-13(21)7-4-8-26-11-5-2-1-3-6-11/h1-3,5-6,12,15-16,23H,4,7-10H2,(H,19,21)(H,24,25)/t12?,15-,16?/m0/s1. The lowest BCUT2D eigenvalue weighted by molar-refractivity contribution is -0.151. The average Bonchev–Trinajstić information content (AvgIpc) is 2.93. The number of hydrogen-bond donors (Lipinski definition) is 3. The van der Waals surface area contributed by atoms with Crippen molar-refractivity contribution in [3.05, 3.63) is 30.3 Å². The molecule has 3 atom stereocenters. The summed E-state index contributed by atoms with van der Waals surface area (Å²) in [5, 5.41) is 20.9. The van der Waals surface area contributed by atoms with E-state index in [1.54, 1.807) is 12.1 Å². The monoisotopic (exact) mass is 368 g/mol. The van der Waals surface area contributed by atoms with Gasteiger partial charge in [0.15, 0.2) is 6.04 Å². The van der Waals surface area contributed by atoms with E-state index in [0.29, 0.717) is 18.8 Å². The third-order valence-electron chi connectivity index (χ3n) is 3.97. The quantitative estimate of drug-likeness (QED) is 0.555. The van der Waals surface area contributed by atoms with E-state index in [1.165, 1.54) is 0 Å². The SMILES string of the molecule is O=C(CCCOc1ccccc1)NCC(=O)N1CC(F)C(O)[C@H]1C(=O)O. The molecule has 2 rings (SSSR count). The summed E-state index contributed by atoms with van der Waals surface area (Å²) in [6.45, 7) is -0.645. The van der Waals surface area contributed by atoms with Gasteiger partial charge in [-0.3, -0.25) is 9.59 Å². The number of aliphatic carboxylic acids is 1. The largest absolute Gasteiger partial charge is 0.494 e. The summed E-state index contributed by atoms with van der Waals surface area (Å²) in [4.78, 5) is 35.6. The minimum Gasteiger partial charge on any atom is -0.494 e. The van der Waals surface area contributed by atoms with Gasteiger partial charge in [0, 0.05) is 6.42 Å². The van der Waals surface area contributed by atoms with Gasteiger partial charge in [0.25, 0.3) is 0 Å². The second kappa shape index (κ2) is 9.14. The first-order valence-corrected chi connectivity index (χ1v) is 8.19. The highest BCUT2D eigenvalue weighted by Crippen LogP contribution is 2.21. The maximum absolute atomic E-state index is 13.5. The molecule has 1 aromatic rings. The van der Waals surface area contributed by atoms with Crippen molar-refractivity contribution in [1.29, 1.82) is 0 Å². The summed E-state index contributed by atoms with van der Waals surface area (Å²) in [5.74, 6) is -1.96. The van der Waals surface area contributed by atoms with E-state index in [0.717, 1.165) is 4.90 Å². The number of nitrogens with one attached hydrogen (secondary N) is 1. The number of benzene rings is 1. The molecule has 1 aliphatic heterocycles. The number of carbonyl (C=O) groups excluding carboxylic acids is 2. The molecule has 0 aliphatic carbocycles. The van der Waals surface area contributed by atoms with Gasteiger partial charge in [-0.25, -0.2) is 9.18 Å². The van der Waals surface area contributed by atoms with Crippen molar-refractivity contribution in [2.45, 2.75) is 31.2 Å². The number of hydrogen-bond acceptors (Lipinski definition) is 5.